The van der Waals surface area contributed by atoms with Crippen molar-refractivity contribution in [2.75, 3.05) is 5.73 Å². The lowest BCUT2D eigenvalue weighted by Gasteiger charge is -2.35. The molecule has 5 N–H and O–H groups in total. The van der Waals surface area contributed by atoms with Gasteiger partial charge in [-0.25, -0.2) is 13.8 Å². The highest BCUT2D eigenvalue weighted by atomic mass is 32.2. The van der Waals surface area contributed by atoms with Gasteiger partial charge in [0.25, 0.3) is 0 Å². The quantitative estimate of drug-likeness (QED) is 0.575. The van der Waals surface area contributed by atoms with E-state index in [2.05, 4.69) is 4.99 Å². The number of aliphatic hydroxyl groups excluding tert-OH is 1. The first kappa shape index (κ1) is 15.3. The number of thioether (sulfide) groups is 1. The Balaban J connectivity index is 2.24. The number of hydrogen-bond donors (Lipinski definition) is 3. The number of halogens is 2. The SMILES string of the molecule is CC1=C2[C@@]1([C@H](C)O)SC(N)=N[C@]2(C)c1cc(N)cc(F)c1F. The number of nitrogen functional groups attached to an aromatic ring is 1. The molecule has 22 heavy (non-hydrogen) atoms. The first-order chi connectivity index (χ1) is 10.1. The number of nitrogens with zero attached hydrogens (tertiary/aromatic N) is 1. The minimum atomic E-state index is -1.17. The van der Waals surface area contributed by atoms with Crippen LogP contribution in [0.5, 0.6) is 0 Å². The zero-order valence-electron chi connectivity index (χ0n) is 12.4. The van der Waals surface area contributed by atoms with Crippen LogP contribution in [0.25, 0.3) is 0 Å². The Morgan fingerprint density at radius 3 is 2.55 bits per heavy atom. The zero-order valence-corrected chi connectivity index (χ0v) is 13.3. The lowest BCUT2D eigenvalue weighted by molar-refractivity contribution is 0.184. The Bertz CT molecular complexity index is 747. The maximum atomic E-state index is 14.4. The summed E-state index contributed by atoms with van der Waals surface area (Å²) in [4.78, 5) is 4.35. The molecule has 0 bridgehead atoms. The molecular weight excluding hydrogens is 308 g/mol. The smallest absolute Gasteiger partial charge is 0.164 e. The Morgan fingerprint density at radius 1 is 1.32 bits per heavy atom. The van der Waals surface area contributed by atoms with E-state index in [9.17, 15) is 13.9 Å². The van der Waals surface area contributed by atoms with E-state index >= 15 is 0 Å². The molecular formula is C15H17F2N3OS. The number of aliphatic hydroxyl groups is 1. The van der Waals surface area contributed by atoms with Crippen molar-refractivity contribution in [3.63, 3.8) is 0 Å². The van der Waals surface area contributed by atoms with Crippen LogP contribution in [0.15, 0.2) is 28.3 Å². The second-order valence-electron chi connectivity index (χ2n) is 5.90. The van der Waals surface area contributed by atoms with Crippen LogP contribution in [0.3, 0.4) is 0 Å². The summed E-state index contributed by atoms with van der Waals surface area (Å²) in [5.74, 6) is -2.02. The number of nitrogens with two attached hydrogens (primary N) is 2. The van der Waals surface area contributed by atoms with Gasteiger partial charge in [0.2, 0.25) is 0 Å². The summed E-state index contributed by atoms with van der Waals surface area (Å²) >= 11 is 1.25. The molecule has 118 valence electrons. The summed E-state index contributed by atoms with van der Waals surface area (Å²) in [5.41, 5.74) is 12.2. The number of hydrogen-bond acceptors (Lipinski definition) is 5. The molecule has 2 aliphatic rings. The predicted octanol–water partition coefficient (Wildman–Crippen LogP) is 2.27. The Kier molecular flexibility index (Phi) is 3.10. The highest BCUT2D eigenvalue weighted by Gasteiger charge is 2.65. The van der Waals surface area contributed by atoms with Crippen LogP contribution in [0.1, 0.15) is 26.3 Å². The van der Waals surface area contributed by atoms with Gasteiger partial charge in [-0.05, 0) is 44.1 Å². The molecule has 0 unspecified atom stereocenters. The topological polar surface area (TPSA) is 84.6 Å². The van der Waals surface area contributed by atoms with Crippen molar-refractivity contribution < 1.29 is 13.9 Å². The summed E-state index contributed by atoms with van der Waals surface area (Å²) in [5, 5.41) is 10.4. The van der Waals surface area contributed by atoms with Crippen molar-refractivity contribution in [1.29, 1.82) is 0 Å². The largest absolute Gasteiger partial charge is 0.399 e. The van der Waals surface area contributed by atoms with Gasteiger partial charge in [-0.15, -0.1) is 0 Å². The van der Waals surface area contributed by atoms with E-state index in [4.69, 9.17) is 11.5 Å². The Hall–Kier alpha value is -1.60. The molecule has 7 heteroatoms. The lowest BCUT2D eigenvalue weighted by atomic mass is 9.86. The molecule has 1 aliphatic heterocycles. The van der Waals surface area contributed by atoms with E-state index in [0.717, 1.165) is 17.2 Å². The molecule has 1 aliphatic carbocycles. The van der Waals surface area contributed by atoms with Gasteiger partial charge < -0.3 is 16.6 Å². The van der Waals surface area contributed by atoms with Gasteiger partial charge >= 0.3 is 0 Å². The van der Waals surface area contributed by atoms with Crippen molar-refractivity contribution >= 4 is 22.6 Å². The predicted molar refractivity (Wildman–Crippen MR) is 84.4 cm³/mol. The van der Waals surface area contributed by atoms with Crippen molar-refractivity contribution in [3.8, 4) is 0 Å². The molecule has 0 amide bonds. The third-order valence-corrected chi connectivity index (χ3v) is 5.96. The van der Waals surface area contributed by atoms with Crippen LogP contribution in [-0.2, 0) is 5.54 Å². The molecule has 0 fully saturated rings. The number of benzene rings is 1. The van der Waals surface area contributed by atoms with Crippen LogP contribution in [0, 0.1) is 11.6 Å². The van der Waals surface area contributed by atoms with Gasteiger partial charge in [-0.3, -0.25) is 0 Å². The molecule has 0 saturated carbocycles. The number of fused-ring (bicyclic) bond motifs is 1. The molecule has 1 aromatic rings. The molecule has 4 nitrogen and oxygen atoms in total. The Labute approximate surface area is 131 Å². The summed E-state index contributed by atoms with van der Waals surface area (Å²) in [6, 6.07) is 2.31. The second-order valence-corrected chi connectivity index (χ2v) is 7.17. The van der Waals surface area contributed by atoms with Gasteiger partial charge in [-0.2, -0.15) is 0 Å². The van der Waals surface area contributed by atoms with E-state index in [1.165, 1.54) is 17.8 Å². The average molecular weight is 325 g/mol. The van der Waals surface area contributed by atoms with E-state index in [1.54, 1.807) is 13.8 Å². The molecule has 0 spiro atoms. The number of anilines is 1. The molecule has 3 rings (SSSR count). The van der Waals surface area contributed by atoms with Crippen LogP contribution in [-0.4, -0.2) is 21.1 Å². The van der Waals surface area contributed by atoms with E-state index in [0.29, 0.717) is 0 Å². The maximum Gasteiger partial charge on any atom is 0.164 e. The van der Waals surface area contributed by atoms with Gasteiger partial charge in [0.05, 0.1) is 10.9 Å². The molecule has 1 heterocycles. The van der Waals surface area contributed by atoms with Crippen LogP contribution < -0.4 is 11.5 Å². The molecule has 0 saturated heterocycles. The number of aliphatic imine (C=N–C) groups is 1. The van der Waals surface area contributed by atoms with E-state index < -0.39 is 28.0 Å². The standard InChI is InChI=1S/C15H17F2N3OS/c1-6-12-14(3,9-4-8(18)5-10(16)11(9)17)20-13(19)22-15(6,12)7(2)21/h4-5,7,21H,18H2,1-3H3,(H2,19,20)/t7-,14+,15+/m0/s1. The fourth-order valence-electron chi connectivity index (χ4n) is 3.49. The first-order valence-electron chi connectivity index (χ1n) is 6.84. The van der Waals surface area contributed by atoms with Crippen molar-refractivity contribution in [1.82, 2.24) is 0 Å². The highest BCUT2D eigenvalue weighted by Crippen LogP contribution is 2.66. The summed E-state index contributed by atoms with van der Waals surface area (Å²) in [6.45, 7) is 5.17. The molecule has 0 radical (unpaired) electrons. The first-order valence-corrected chi connectivity index (χ1v) is 7.66. The van der Waals surface area contributed by atoms with Gasteiger partial charge in [0.15, 0.2) is 16.8 Å². The maximum absolute atomic E-state index is 14.4. The fraction of sp³-hybridized carbons (Fsp3) is 0.400. The van der Waals surface area contributed by atoms with Crippen LogP contribution >= 0.6 is 11.8 Å². The van der Waals surface area contributed by atoms with Gasteiger partial charge in [0, 0.05) is 11.3 Å². The van der Waals surface area contributed by atoms with Crippen LogP contribution in [0.4, 0.5) is 14.5 Å². The van der Waals surface area contributed by atoms with E-state index in [-0.39, 0.29) is 16.4 Å². The number of rotatable bonds is 2. The molecule has 0 aromatic heterocycles. The second kappa shape index (κ2) is 4.45. The number of amidine groups is 1. The van der Waals surface area contributed by atoms with Gasteiger partial charge in [-0.1, -0.05) is 11.8 Å². The minimum Gasteiger partial charge on any atom is -0.399 e. The van der Waals surface area contributed by atoms with Crippen LogP contribution in [0.2, 0.25) is 0 Å². The van der Waals surface area contributed by atoms with Crippen molar-refractivity contribution in [3.05, 3.63) is 40.5 Å². The third-order valence-electron chi connectivity index (χ3n) is 4.49. The fourth-order valence-corrected chi connectivity index (χ4v) is 4.87. The average Bonchev–Trinajstić information content (AvgIpc) is 3.01. The zero-order chi connectivity index (χ0) is 16.4. The summed E-state index contributed by atoms with van der Waals surface area (Å²) in [7, 11) is 0. The lowest BCUT2D eigenvalue weighted by Crippen LogP contribution is -2.40. The monoisotopic (exact) mass is 325 g/mol. The third kappa shape index (κ3) is 1.75. The summed E-state index contributed by atoms with van der Waals surface area (Å²) in [6.07, 6.45) is -0.713. The summed E-state index contributed by atoms with van der Waals surface area (Å²) < 4.78 is 27.4. The minimum absolute atomic E-state index is 0.0325. The van der Waals surface area contributed by atoms with Crippen molar-refractivity contribution in [2.45, 2.75) is 37.2 Å². The van der Waals surface area contributed by atoms with Crippen molar-refractivity contribution in [2.24, 2.45) is 10.7 Å². The molecule has 1 aromatic carbocycles. The Morgan fingerprint density at radius 2 is 1.95 bits per heavy atom. The molecule has 3 atom stereocenters. The highest BCUT2D eigenvalue weighted by molar-refractivity contribution is 8.15. The normalized spacial score (nSPS) is 31.6. The van der Waals surface area contributed by atoms with Gasteiger partial charge in [0.1, 0.15) is 5.54 Å². The van der Waals surface area contributed by atoms with E-state index in [1.807, 2.05) is 6.92 Å².